The van der Waals surface area contributed by atoms with Crippen LogP contribution in [0.4, 0.5) is 4.79 Å². The SMILES string of the molecule is CC(C)(C)C1CC(NC(=O)O)CCC1O. The molecule has 0 aliphatic heterocycles. The van der Waals surface area contributed by atoms with Crippen molar-refractivity contribution in [1.29, 1.82) is 0 Å². The lowest BCUT2D eigenvalue weighted by molar-refractivity contribution is 0.000239. The van der Waals surface area contributed by atoms with Crippen LogP contribution in [0.5, 0.6) is 0 Å². The fourth-order valence-corrected chi connectivity index (χ4v) is 2.39. The fraction of sp³-hybridized carbons (Fsp3) is 0.909. The van der Waals surface area contributed by atoms with Crippen molar-refractivity contribution in [2.24, 2.45) is 11.3 Å². The molecule has 0 aromatic rings. The van der Waals surface area contributed by atoms with Gasteiger partial charge in [-0.3, -0.25) is 0 Å². The van der Waals surface area contributed by atoms with Gasteiger partial charge in [-0.05, 0) is 30.6 Å². The highest BCUT2D eigenvalue weighted by atomic mass is 16.4. The van der Waals surface area contributed by atoms with E-state index in [0.29, 0.717) is 6.42 Å². The summed E-state index contributed by atoms with van der Waals surface area (Å²) in [5.41, 5.74) is 0.0261. The number of aliphatic hydroxyl groups excluding tert-OH is 1. The molecule has 0 bridgehead atoms. The Labute approximate surface area is 90.7 Å². The molecule has 1 amide bonds. The zero-order chi connectivity index (χ0) is 11.6. The number of hydrogen-bond donors (Lipinski definition) is 3. The lowest BCUT2D eigenvalue weighted by Crippen LogP contribution is -2.45. The summed E-state index contributed by atoms with van der Waals surface area (Å²) in [4.78, 5) is 10.5. The van der Waals surface area contributed by atoms with Crippen LogP contribution in [-0.4, -0.2) is 28.5 Å². The second-order valence-electron chi connectivity index (χ2n) is 5.50. The van der Waals surface area contributed by atoms with Crippen LogP contribution in [0.1, 0.15) is 40.0 Å². The summed E-state index contributed by atoms with van der Waals surface area (Å²) in [5, 5.41) is 21.0. The Bertz CT molecular complexity index is 234. The molecule has 0 aromatic heterocycles. The molecule has 0 aromatic carbocycles. The number of carboxylic acid groups (broad SMARTS) is 1. The van der Waals surface area contributed by atoms with Gasteiger partial charge in [-0.25, -0.2) is 4.79 Å². The minimum atomic E-state index is -0.968. The Balaban J connectivity index is 2.60. The maximum atomic E-state index is 10.5. The third-order valence-electron chi connectivity index (χ3n) is 3.25. The van der Waals surface area contributed by atoms with E-state index in [1.54, 1.807) is 0 Å². The van der Waals surface area contributed by atoms with Gasteiger partial charge < -0.3 is 15.5 Å². The van der Waals surface area contributed by atoms with Crippen molar-refractivity contribution < 1.29 is 15.0 Å². The van der Waals surface area contributed by atoms with E-state index >= 15 is 0 Å². The molecule has 1 aliphatic carbocycles. The van der Waals surface area contributed by atoms with Crippen LogP contribution in [0.3, 0.4) is 0 Å². The molecule has 0 heterocycles. The fourth-order valence-electron chi connectivity index (χ4n) is 2.39. The molecule has 3 atom stereocenters. The zero-order valence-corrected chi connectivity index (χ0v) is 9.66. The molecule has 0 saturated heterocycles. The molecule has 4 heteroatoms. The molecule has 15 heavy (non-hydrogen) atoms. The molecule has 1 saturated carbocycles. The van der Waals surface area contributed by atoms with Crippen molar-refractivity contribution in [2.75, 3.05) is 0 Å². The summed E-state index contributed by atoms with van der Waals surface area (Å²) in [6.45, 7) is 6.26. The van der Waals surface area contributed by atoms with Crippen LogP contribution in [0.25, 0.3) is 0 Å². The number of hydrogen-bond acceptors (Lipinski definition) is 2. The molecule has 88 valence electrons. The van der Waals surface area contributed by atoms with Gasteiger partial charge in [-0.2, -0.15) is 0 Å². The minimum absolute atomic E-state index is 0.00451. The summed E-state index contributed by atoms with van der Waals surface area (Å²) in [6, 6.07) is -0.00451. The van der Waals surface area contributed by atoms with Gasteiger partial charge in [-0.15, -0.1) is 0 Å². The van der Waals surface area contributed by atoms with E-state index in [-0.39, 0.29) is 23.5 Å². The molecule has 1 aliphatic rings. The lowest BCUT2D eigenvalue weighted by Gasteiger charge is -2.40. The second-order valence-corrected chi connectivity index (χ2v) is 5.50. The molecular weight excluding hydrogens is 194 g/mol. The number of carbonyl (C=O) groups is 1. The average molecular weight is 215 g/mol. The van der Waals surface area contributed by atoms with E-state index in [1.807, 2.05) is 0 Å². The quantitative estimate of drug-likeness (QED) is 0.625. The summed E-state index contributed by atoms with van der Waals surface area (Å²) in [7, 11) is 0. The first-order valence-electron chi connectivity index (χ1n) is 5.48. The van der Waals surface area contributed by atoms with Gasteiger partial charge in [0.2, 0.25) is 0 Å². The van der Waals surface area contributed by atoms with Crippen molar-refractivity contribution in [3.8, 4) is 0 Å². The molecule has 1 fully saturated rings. The minimum Gasteiger partial charge on any atom is -0.465 e. The summed E-state index contributed by atoms with van der Waals surface area (Å²) >= 11 is 0. The maximum Gasteiger partial charge on any atom is 0.404 e. The van der Waals surface area contributed by atoms with Crippen molar-refractivity contribution in [3.63, 3.8) is 0 Å². The summed E-state index contributed by atoms with van der Waals surface area (Å²) in [5.74, 6) is 0.170. The molecule has 0 spiro atoms. The van der Waals surface area contributed by atoms with Gasteiger partial charge in [-0.1, -0.05) is 20.8 Å². The van der Waals surface area contributed by atoms with Gasteiger partial charge in [0.15, 0.2) is 0 Å². The van der Waals surface area contributed by atoms with E-state index in [9.17, 15) is 9.90 Å². The number of amides is 1. The van der Waals surface area contributed by atoms with Crippen LogP contribution >= 0.6 is 0 Å². The van der Waals surface area contributed by atoms with Crippen LogP contribution in [0.2, 0.25) is 0 Å². The van der Waals surface area contributed by atoms with Gasteiger partial charge in [0, 0.05) is 6.04 Å². The molecule has 1 rings (SSSR count). The first-order valence-corrected chi connectivity index (χ1v) is 5.48. The number of aliphatic hydroxyl groups is 1. The number of nitrogens with one attached hydrogen (secondary N) is 1. The van der Waals surface area contributed by atoms with Crippen LogP contribution < -0.4 is 5.32 Å². The van der Waals surface area contributed by atoms with Crippen molar-refractivity contribution in [2.45, 2.75) is 52.2 Å². The monoisotopic (exact) mass is 215 g/mol. The molecule has 4 nitrogen and oxygen atoms in total. The third kappa shape index (κ3) is 3.38. The zero-order valence-electron chi connectivity index (χ0n) is 9.66. The Kier molecular flexibility index (Phi) is 3.60. The molecule has 0 radical (unpaired) electrons. The highest BCUT2D eigenvalue weighted by molar-refractivity contribution is 5.64. The van der Waals surface area contributed by atoms with E-state index in [0.717, 1.165) is 12.8 Å². The van der Waals surface area contributed by atoms with Crippen LogP contribution in [0, 0.1) is 11.3 Å². The van der Waals surface area contributed by atoms with Gasteiger partial charge >= 0.3 is 6.09 Å². The van der Waals surface area contributed by atoms with Crippen molar-refractivity contribution in [3.05, 3.63) is 0 Å². The first kappa shape index (κ1) is 12.3. The van der Waals surface area contributed by atoms with Gasteiger partial charge in [0.05, 0.1) is 6.10 Å². The normalized spacial score (nSPS) is 32.4. The summed E-state index contributed by atoms with van der Waals surface area (Å²) < 4.78 is 0. The van der Waals surface area contributed by atoms with Gasteiger partial charge in [0.25, 0.3) is 0 Å². The smallest absolute Gasteiger partial charge is 0.404 e. The second kappa shape index (κ2) is 4.39. The van der Waals surface area contributed by atoms with Crippen molar-refractivity contribution in [1.82, 2.24) is 5.32 Å². The van der Waals surface area contributed by atoms with Crippen molar-refractivity contribution >= 4 is 6.09 Å². The summed E-state index contributed by atoms with van der Waals surface area (Å²) in [6.07, 6.45) is 0.894. The largest absolute Gasteiger partial charge is 0.465 e. The Hall–Kier alpha value is -0.770. The van der Waals surface area contributed by atoms with Gasteiger partial charge in [0.1, 0.15) is 0 Å². The predicted molar refractivity (Wildman–Crippen MR) is 57.8 cm³/mol. The molecule has 3 unspecified atom stereocenters. The maximum absolute atomic E-state index is 10.5. The highest BCUT2D eigenvalue weighted by Crippen LogP contribution is 2.37. The Morgan fingerprint density at radius 3 is 2.40 bits per heavy atom. The predicted octanol–water partition coefficient (Wildman–Crippen LogP) is 1.83. The first-order chi connectivity index (χ1) is 6.80. The highest BCUT2D eigenvalue weighted by Gasteiger charge is 2.37. The average Bonchev–Trinajstić information content (AvgIpc) is 2.05. The van der Waals surface area contributed by atoms with E-state index in [1.165, 1.54) is 0 Å². The lowest BCUT2D eigenvalue weighted by atomic mass is 9.69. The Morgan fingerprint density at radius 1 is 1.33 bits per heavy atom. The van der Waals surface area contributed by atoms with E-state index in [4.69, 9.17) is 5.11 Å². The number of rotatable bonds is 1. The van der Waals surface area contributed by atoms with Crippen LogP contribution in [-0.2, 0) is 0 Å². The standard InChI is InChI=1S/C11H21NO3/c1-11(2,3)8-6-7(12-10(14)15)4-5-9(8)13/h7-9,12-13H,4-6H2,1-3H3,(H,14,15). The Morgan fingerprint density at radius 2 is 1.93 bits per heavy atom. The topological polar surface area (TPSA) is 69.6 Å². The third-order valence-corrected chi connectivity index (χ3v) is 3.25. The molecule has 3 N–H and O–H groups in total. The molecular formula is C11H21NO3. The van der Waals surface area contributed by atoms with E-state index < -0.39 is 6.09 Å². The van der Waals surface area contributed by atoms with Crippen LogP contribution in [0.15, 0.2) is 0 Å². The van der Waals surface area contributed by atoms with E-state index in [2.05, 4.69) is 26.1 Å².